The summed E-state index contributed by atoms with van der Waals surface area (Å²) < 4.78 is 0. The fraction of sp³-hybridized carbons (Fsp3) is 0.625. The second-order valence-electron chi connectivity index (χ2n) is 3.14. The van der Waals surface area contributed by atoms with Crippen LogP contribution in [-0.4, -0.2) is 53.3 Å². The molecule has 0 rings (SSSR count). The number of carboxylic acid groups (broad SMARTS) is 1. The zero-order valence-corrected chi connectivity index (χ0v) is 8.64. The highest BCUT2D eigenvalue weighted by molar-refractivity contribution is 6.07. The van der Waals surface area contributed by atoms with E-state index in [9.17, 15) is 14.4 Å². The van der Waals surface area contributed by atoms with Crippen molar-refractivity contribution < 1.29 is 19.5 Å². The van der Waals surface area contributed by atoms with E-state index in [4.69, 9.17) is 16.6 Å². The minimum atomic E-state index is -1.57. The van der Waals surface area contributed by atoms with Gasteiger partial charge in [-0.05, 0) is 6.92 Å². The SMILES string of the molecule is CC(N)C(=O)C(C(=O)O)N(C)C(=O)CN. The van der Waals surface area contributed by atoms with Crippen molar-refractivity contribution in [2.24, 2.45) is 11.5 Å². The summed E-state index contributed by atoms with van der Waals surface area (Å²) in [4.78, 5) is 34.1. The van der Waals surface area contributed by atoms with E-state index in [0.29, 0.717) is 0 Å². The number of carboxylic acids is 1. The lowest BCUT2D eigenvalue weighted by Crippen LogP contribution is -2.53. The summed E-state index contributed by atoms with van der Waals surface area (Å²) in [7, 11) is 1.20. The molecule has 0 radical (unpaired) electrons. The monoisotopic (exact) mass is 217 g/mol. The molecule has 7 heteroatoms. The van der Waals surface area contributed by atoms with E-state index in [0.717, 1.165) is 4.90 Å². The number of aliphatic carboxylic acids is 1. The Hall–Kier alpha value is -1.47. The molecule has 0 saturated carbocycles. The van der Waals surface area contributed by atoms with Gasteiger partial charge in [0.25, 0.3) is 0 Å². The first-order valence-corrected chi connectivity index (χ1v) is 4.30. The van der Waals surface area contributed by atoms with E-state index in [1.807, 2.05) is 0 Å². The summed E-state index contributed by atoms with van der Waals surface area (Å²) in [5, 5.41) is 8.80. The van der Waals surface area contributed by atoms with Crippen LogP contribution in [0.15, 0.2) is 0 Å². The highest BCUT2D eigenvalue weighted by Gasteiger charge is 2.34. The van der Waals surface area contributed by atoms with Crippen LogP contribution in [0.25, 0.3) is 0 Å². The maximum atomic E-state index is 11.4. The second-order valence-corrected chi connectivity index (χ2v) is 3.14. The van der Waals surface area contributed by atoms with Gasteiger partial charge in [0.15, 0.2) is 11.8 Å². The number of amides is 1. The first-order valence-electron chi connectivity index (χ1n) is 4.30. The van der Waals surface area contributed by atoms with Gasteiger partial charge in [0, 0.05) is 7.05 Å². The van der Waals surface area contributed by atoms with Gasteiger partial charge in [0.1, 0.15) is 0 Å². The summed E-state index contributed by atoms with van der Waals surface area (Å²) in [6.07, 6.45) is 0. The van der Waals surface area contributed by atoms with E-state index >= 15 is 0 Å². The number of ketones is 1. The van der Waals surface area contributed by atoms with Gasteiger partial charge in [-0.25, -0.2) is 4.79 Å². The Morgan fingerprint density at radius 1 is 1.40 bits per heavy atom. The molecule has 0 spiro atoms. The van der Waals surface area contributed by atoms with Crippen molar-refractivity contribution in [1.29, 1.82) is 0 Å². The number of nitrogens with zero attached hydrogens (tertiary/aromatic N) is 1. The fourth-order valence-corrected chi connectivity index (χ4v) is 1.02. The molecule has 0 bridgehead atoms. The molecule has 0 aliphatic heterocycles. The second kappa shape index (κ2) is 5.42. The van der Waals surface area contributed by atoms with Crippen molar-refractivity contribution in [3.63, 3.8) is 0 Å². The van der Waals surface area contributed by atoms with Gasteiger partial charge in [-0.2, -0.15) is 0 Å². The van der Waals surface area contributed by atoms with Crippen LogP contribution in [0.1, 0.15) is 6.92 Å². The minimum Gasteiger partial charge on any atom is -0.479 e. The third-order valence-electron chi connectivity index (χ3n) is 1.91. The number of hydrogen-bond donors (Lipinski definition) is 3. The van der Waals surface area contributed by atoms with Crippen molar-refractivity contribution in [2.45, 2.75) is 19.0 Å². The van der Waals surface area contributed by atoms with Crippen LogP contribution < -0.4 is 11.5 Å². The van der Waals surface area contributed by atoms with Gasteiger partial charge in [0.05, 0.1) is 12.6 Å². The normalized spacial score (nSPS) is 14.1. The Morgan fingerprint density at radius 3 is 2.13 bits per heavy atom. The Balaban J connectivity index is 4.90. The van der Waals surface area contributed by atoms with Crippen molar-refractivity contribution >= 4 is 17.7 Å². The van der Waals surface area contributed by atoms with Gasteiger partial charge in [-0.3, -0.25) is 9.59 Å². The molecule has 0 aliphatic carbocycles. The maximum absolute atomic E-state index is 11.4. The molecule has 0 aromatic heterocycles. The van der Waals surface area contributed by atoms with Crippen molar-refractivity contribution in [3.8, 4) is 0 Å². The Bertz CT molecular complexity index is 277. The standard InChI is InChI=1S/C8H15N3O4/c1-4(10)7(13)6(8(14)15)11(2)5(12)3-9/h4,6H,3,9-10H2,1-2H3,(H,14,15). The molecular weight excluding hydrogens is 202 g/mol. The molecule has 5 N–H and O–H groups in total. The molecule has 15 heavy (non-hydrogen) atoms. The average Bonchev–Trinajstić information content (AvgIpc) is 2.15. The van der Waals surface area contributed by atoms with Crippen LogP contribution in [0.5, 0.6) is 0 Å². The van der Waals surface area contributed by atoms with Crippen molar-refractivity contribution in [2.75, 3.05) is 13.6 Å². The lowest BCUT2D eigenvalue weighted by Gasteiger charge is -2.24. The van der Waals surface area contributed by atoms with Crippen LogP contribution in [-0.2, 0) is 14.4 Å². The maximum Gasteiger partial charge on any atom is 0.334 e. The molecule has 0 heterocycles. The molecule has 0 saturated heterocycles. The van der Waals surface area contributed by atoms with Gasteiger partial charge in [0.2, 0.25) is 5.91 Å². The summed E-state index contributed by atoms with van der Waals surface area (Å²) in [6.45, 7) is 1.01. The van der Waals surface area contributed by atoms with E-state index in [2.05, 4.69) is 0 Å². The van der Waals surface area contributed by atoms with Crippen molar-refractivity contribution in [1.82, 2.24) is 4.90 Å². The van der Waals surface area contributed by atoms with Gasteiger partial charge < -0.3 is 21.5 Å². The first kappa shape index (κ1) is 13.5. The molecule has 0 aromatic carbocycles. The summed E-state index contributed by atoms with van der Waals surface area (Å²) in [6, 6.07) is -2.51. The number of carbonyl (C=O) groups is 3. The molecule has 7 nitrogen and oxygen atoms in total. The zero-order valence-electron chi connectivity index (χ0n) is 8.64. The van der Waals surface area contributed by atoms with Crippen LogP contribution in [0.3, 0.4) is 0 Å². The number of hydrogen-bond acceptors (Lipinski definition) is 5. The summed E-state index contributed by atoms with van der Waals surface area (Å²) in [5.74, 6) is -2.77. The van der Waals surface area contributed by atoms with Crippen LogP contribution in [0, 0.1) is 0 Å². The smallest absolute Gasteiger partial charge is 0.334 e. The van der Waals surface area contributed by atoms with Gasteiger partial charge >= 0.3 is 5.97 Å². The van der Waals surface area contributed by atoms with E-state index in [-0.39, 0.29) is 6.54 Å². The quantitative estimate of drug-likeness (QED) is 0.447. The van der Waals surface area contributed by atoms with E-state index in [1.54, 1.807) is 0 Å². The molecular formula is C8H15N3O4. The molecule has 1 amide bonds. The number of rotatable bonds is 5. The fourth-order valence-electron chi connectivity index (χ4n) is 1.02. The predicted molar refractivity (Wildman–Crippen MR) is 51.9 cm³/mol. The van der Waals surface area contributed by atoms with E-state index < -0.39 is 29.7 Å². The number of nitrogens with two attached hydrogens (primary N) is 2. The van der Waals surface area contributed by atoms with Crippen LogP contribution in [0.2, 0.25) is 0 Å². The molecule has 0 aliphatic rings. The Labute approximate surface area is 87.0 Å². The number of Topliss-reactive ketones (excluding diaryl/α,β-unsaturated/α-hetero) is 1. The number of carbonyl (C=O) groups excluding carboxylic acids is 2. The van der Waals surface area contributed by atoms with Crippen molar-refractivity contribution in [3.05, 3.63) is 0 Å². The van der Waals surface area contributed by atoms with E-state index in [1.165, 1.54) is 14.0 Å². The predicted octanol–water partition coefficient (Wildman–Crippen LogP) is -2.23. The average molecular weight is 217 g/mol. The minimum absolute atomic E-state index is 0.355. The highest BCUT2D eigenvalue weighted by atomic mass is 16.4. The lowest BCUT2D eigenvalue weighted by atomic mass is 10.1. The van der Waals surface area contributed by atoms with Gasteiger partial charge in [-0.15, -0.1) is 0 Å². The number of likely N-dealkylation sites (N-methyl/N-ethyl adjacent to an activating group) is 1. The third kappa shape index (κ3) is 3.30. The summed E-state index contributed by atoms with van der Waals surface area (Å²) >= 11 is 0. The third-order valence-corrected chi connectivity index (χ3v) is 1.91. The molecule has 2 atom stereocenters. The lowest BCUT2D eigenvalue weighted by molar-refractivity contribution is -0.153. The molecule has 2 unspecified atom stereocenters. The van der Waals surface area contributed by atoms with Crippen LogP contribution >= 0.6 is 0 Å². The largest absolute Gasteiger partial charge is 0.479 e. The topological polar surface area (TPSA) is 127 Å². The highest BCUT2D eigenvalue weighted by Crippen LogP contribution is 2.01. The molecule has 0 aromatic rings. The molecule has 86 valence electrons. The first-order chi connectivity index (χ1) is 6.82. The van der Waals surface area contributed by atoms with Crippen LogP contribution in [0.4, 0.5) is 0 Å². The Morgan fingerprint density at radius 2 is 1.87 bits per heavy atom. The molecule has 0 fully saturated rings. The zero-order chi connectivity index (χ0) is 12.2. The van der Waals surface area contributed by atoms with Gasteiger partial charge in [-0.1, -0.05) is 0 Å². The summed E-state index contributed by atoms with van der Waals surface area (Å²) in [5.41, 5.74) is 10.3. The Kier molecular flexibility index (Phi) is 4.89.